The highest BCUT2D eigenvalue weighted by Crippen LogP contribution is 2.27. The second kappa shape index (κ2) is 10.8. The number of carbonyl (C=O) groups excluding carboxylic acids is 1. The number of anilines is 1. The Morgan fingerprint density at radius 2 is 1.90 bits per heavy atom. The van der Waals surface area contributed by atoms with Gasteiger partial charge in [-0.3, -0.25) is 9.79 Å². The lowest BCUT2D eigenvalue weighted by Gasteiger charge is -2.24. The summed E-state index contributed by atoms with van der Waals surface area (Å²) in [5.41, 5.74) is 4.18. The van der Waals surface area contributed by atoms with Crippen LogP contribution >= 0.6 is 0 Å². The molecule has 1 amide bonds. The zero-order chi connectivity index (χ0) is 22.2. The molecule has 1 saturated carbocycles. The number of aryl methyl sites for hydroxylation is 1. The van der Waals surface area contributed by atoms with Gasteiger partial charge in [0.25, 0.3) is 0 Å². The Kier molecular flexibility index (Phi) is 7.93. The molecule has 0 aromatic heterocycles. The summed E-state index contributed by atoms with van der Waals surface area (Å²) in [6, 6.07) is 14.2. The van der Waals surface area contributed by atoms with E-state index in [1.807, 2.05) is 38.1 Å². The Bertz CT molecular complexity index is 919. The van der Waals surface area contributed by atoms with Gasteiger partial charge in [0.05, 0.1) is 6.10 Å². The standard InChI is InChI=1S/C25H34N4O2/c1-17(2)31-23-13-18(3)11-12-21(23)16-28-25(26-4)27-15-19-7-5-10-22(14-19)29-24(30)20-8-6-9-20/h5,7,10-14,17,20H,6,8-9,15-16H2,1-4H3,(H,29,30)(H2,26,27,28). The third-order valence-corrected chi connectivity index (χ3v) is 5.39. The molecule has 6 nitrogen and oxygen atoms in total. The molecule has 2 aromatic rings. The largest absolute Gasteiger partial charge is 0.491 e. The van der Waals surface area contributed by atoms with Crippen LogP contribution in [0.2, 0.25) is 0 Å². The van der Waals surface area contributed by atoms with E-state index in [1.54, 1.807) is 7.05 Å². The smallest absolute Gasteiger partial charge is 0.227 e. The van der Waals surface area contributed by atoms with E-state index < -0.39 is 0 Å². The van der Waals surface area contributed by atoms with Crippen molar-refractivity contribution in [1.82, 2.24) is 10.6 Å². The van der Waals surface area contributed by atoms with Crippen molar-refractivity contribution in [3.05, 3.63) is 59.2 Å². The zero-order valence-electron chi connectivity index (χ0n) is 19.0. The molecule has 0 unspecified atom stereocenters. The van der Waals surface area contributed by atoms with Gasteiger partial charge in [-0.15, -0.1) is 0 Å². The van der Waals surface area contributed by atoms with Gasteiger partial charge in [-0.1, -0.05) is 30.7 Å². The minimum atomic E-state index is 0.120. The maximum Gasteiger partial charge on any atom is 0.227 e. The van der Waals surface area contributed by atoms with Crippen molar-refractivity contribution in [1.29, 1.82) is 0 Å². The molecule has 3 N–H and O–H groups in total. The van der Waals surface area contributed by atoms with Gasteiger partial charge >= 0.3 is 0 Å². The third kappa shape index (κ3) is 6.74. The molecular formula is C25H34N4O2. The first-order valence-corrected chi connectivity index (χ1v) is 11.0. The molecular weight excluding hydrogens is 388 g/mol. The number of guanidine groups is 1. The van der Waals surface area contributed by atoms with Gasteiger partial charge in [0.2, 0.25) is 5.91 Å². The second-order valence-electron chi connectivity index (χ2n) is 8.37. The fourth-order valence-corrected chi connectivity index (χ4v) is 3.43. The minimum absolute atomic E-state index is 0.120. The number of amides is 1. The molecule has 31 heavy (non-hydrogen) atoms. The van der Waals surface area contributed by atoms with E-state index in [4.69, 9.17) is 4.74 Å². The van der Waals surface area contributed by atoms with Crippen molar-refractivity contribution in [3.63, 3.8) is 0 Å². The predicted octanol–water partition coefficient (Wildman–Crippen LogP) is 4.39. The third-order valence-electron chi connectivity index (χ3n) is 5.39. The van der Waals surface area contributed by atoms with Crippen LogP contribution in [0.3, 0.4) is 0 Å². The molecule has 2 aromatic carbocycles. The summed E-state index contributed by atoms with van der Waals surface area (Å²) in [5.74, 6) is 1.91. The number of aliphatic imine (C=N–C) groups is 1. The van der Waals surface area contributed by atoms with Crippen LogP contribution in [0.4, 0.5) is 5.69 Å². The van der Waals surface area contributed by atoms with E-state index >= 15 is 0 Å². The average Bonchev–Trinajstić information content (AvgIpc) is 2.68. The summed E-state index contributed by atoms with van der Waals surface area (Å²) >= 11 is 0. The number of carbonyl (C=O) groups is 1. The molecule has 166 valence electrons. The van der Waals surface area contributed by atoms with Crippen LogP contribution in [-0.2, 0) is 17.9 Å². The van der Waals surface area contributed by atoms with E-state index in [2.05, 4.69) is 46.1 Å². The number of hydrogen-bond donors (Lipinski definition) is 3. The molecule has 0 radical (unpaired) electrons. The van der Waals surface area contributed by atoms with Crippen molar-refractivity contribution >= 4 is 17.6 Å². The molecule has 0 atom stereocenters. The van der Waals surface area contributed by atoms with Gasteiger partial charge < -0.3 is 20.7 Å². The van der Waals surface area contributed by atoms with Crippen LogP contribution < -0.4 is 20.7 Å². The summed E-state index contributed by atoms with van der Waals surface area (Å²) in [7, 11) is 1.76. The fraction of sp³-hybridized carbons (Fsp3) is 0.440. The SMILES string of the molecule is CN=C(NCc1cccc(NC(=O)C2CCC2)c1)NCc1ccc(C)cc1OC(C)C. The lowest BCUT2D eigenvalue weighted by Crippen LogP contribution is -2.36. The van der Waals surface area contributed by atoms with Crippen LogP contribution in [0.1, 0.15) is 49.8 Å². The van der Waals surface area contributed by atoms with E-state index in [9.17, 15) is 4.79 Å². The molecule has 0 spiro atoms. The lowest BCUT2D eigenvalue weighted by atomic mass is 9.85. The van der Waals surface area contributed by atoms with Gasteiger partial charge in [0, 0.05) is 37.3 Å². The summed E-state index contributed by atoms with van der Waals surface area (Å²) in [5, 5.41) is 9.73. The Hall–Kier alpha value is -3.02. The maximum absolute atomic E-state index is 12.2. The number of nitrogens with one attached hydrogen (secondary N) is 3. The highest BCUT2D eigenvalue weighted by atomic mass is 16.5. The molecule has 1 aliphatic rings. The summed E-state index contributed by atoms with van der Waals surface area (Å²) in [6.07, 6.45) is 3.27. The van der Waals surface area contributed by atoms with E-state index in [0.717, 1.165) is 41.8 Å². The van der Waals surface area contributed by atoms with Gasteiger partial charge in [-0.2, -0.15) is 0 Å². The monoisotopic (exact) mass is 422 g/mol. The average molecular weight is 423 g/mol. The first kappa shape index (κ1) is 22.7. The van der Waals surface area contributed by atoms with E-state index in [1.165, 1.54) is 5.56 Å². The second-order valence-corrected chi connectivity index (χ2v) is 8.37. The first-order chi connectivity index (χ1) is 14.9. The van der Waals surface area contributed by atoms with Crippen LogP contribution in [0, 0.1) is 12.8 Å². The van der Waals surface area contributed by atoms with Crippen LogP contribution in [0.25, 0.3) is 0 Å². The number of nitrogens with zero attached hydrogens (tertiary/aromatic N) is 1. The highest BCUT2D eigenvalue weighted by Gasteiger charge is 2.25. The Morgan fingerprint density at radius 1 is 1.13 bits per heavy atom. The molecule has 0 saturated heterocycles. The molecule has 6 heteroatoms. The zero-order valence-corrected chi connectivity index (χ0v) is 19.0. The van der Waals surface area contributed by atoms with E-state index in [0.29, 0.717) is 19.0 Å². The van der Waals surface area contributed by atoms with Gasteiger partial charge in [0.1, 0.15) is 5.75 Å². The van der Waals surface area contributed by atoms with Gasteiger partial charge in [-0.25, -0.2) is 0 Å². The van der Waals surface area contributed by atoms with Crippen molar-refractivity contribution < 1.29 is 9.53 Å². The first-order valence-electron chi connectivity index (χ1n) is 11.0. The van der Waals surface area contributed by atoms with Crippen LogP contribution in [0.5, 0.6) is 5.75 Å². The van der Waals surface area contributed by atoms with Crippen LogP contribution in [-0.4, -0.2) is 25.0 Å². The number of ether oxygens (including phenoxy) is 1. The number of rotatable bonds is 8. The Labute approximate surface area is 185 Å². The van der Waals surface area contributed by atoms with Crippen LogP contribution in [0.15, 0.2) is 47.5 Å². The summed E-state index contributed by atoms with van der Waals surface area (Å²) < 4.78 is 5.96. The molecule has 1 fully saturated rings. The number of benzene rings is 2. The molecule has 3 rings (SSSR count). The van der Waals surface area contributed by atoms with E-state index in [-0.39, 0.29) is 17.9 Å². The molecule has 0 aliphatic heterocycles. The maximum atomic E-state index is 12.2. The summed E-state index contributed by atoms with van der Waals surface area (Å²) in [6.45, 7) is 7.34. The Balaban J connectivity index is 1.54. The lowest BCUT2D eigenvalue weighted by molar-refractivity contribution is -0.122. The fourth-order valence-electron chi connectivity index (χ4n) is 3.43. The topological polar surface area (TPSA) is 74.8 Å². The Morgan fingerprint density at radius 3 is 2.58 bits per heavy atom. The normalized spacial score (nSPS) is 14.2. The molecule has 0 bridgehead atoms. The van der Waals surface area contributed by atoms with Crippen molar-refractivity contribution in [3.8, 4) is 5.75 Å². The summed E-state index contributed by atoms with van der Waals surface area (Å²) in [4.78, 5) is 16.5. The number of hydrogen-bond acceptors (Lipinski definition) is 3. The molecule has 0 heterocycles. The van der Waals surface area contributed by atoms with Gasteiger partial charge in [-0.05, 0) is 62.9 Å². The quantitative estimate of drug-likeness (QED) is 0.436. The van der Waals surface area contributed by atoms with Gasteiger partial charge in [0.15, 0.2) is 5.96 Å². The molecule has 1 aliphatic carbocycles. The highest BCUT2D eigenvalue weighted by molar-refractivity contribution is 5.93. The van der Waals surface area contributed by atoms with Crippen molar-refractivity contribution in [2.75, 3.05) is 12.4 Å². The van der Waals surface area contributed by atoms with Crippen molar-refractivity contribution in [2.24, 2.45) is 10.9 Å². The predicted molar refractivity (Wildman–Crippen MR) is 126 cm³/mol. The van der Waals surface area contributed by atoms with Crippen molar-refractivity contribution in [2.45, 2.75) is 59.2 Å². The minimum Gasteiger partial charge on any atom is -0.491 e.